The number of alkyl halides is 1. The van der Waals surface area contributed by atoms with Gasteiger partial charge in [-0.1, -0.05) is 0 Å². The van der Waals surface area contributed by atoms with E-state index in [1.165, 1.54) is 6.33 Å². The summed E-state index contributed by atoms with van der Waals surface area (Å²) in [7, 11) is 0. The highest BCUT2D eigenvalue weighted by atomic mass is 19.1. The summed E-state index contributed by atoms with van der Waals surface area (Å²) >= 11 is 0. The number of hydrogen-bond donors (Lipinski definition) is 1. The fourth-order valence-electron chi connectivity index (χ4n) is 4.15. The molecule has 1 saturated heterocycles. The van der Waals surface area contributed by atoms with Gasteiger partial charge in [-0.3, -0.25) is 4.79 Å². The first-order chi connectivity index (χ1) is 14.9. The Labute approximate surface area is 177 Å². The molecule has 31 heavy (non-hydrogen) atoms. The third-order valence-electron chi connectivity index (χ3n) is 5.62. The molecular weight excluding hydrogens is 403 g/mol. The molecule has 0 radical (unpaired) electrons. The monoisotopic (exact) mass is 426 g/mol. The second-order valence-corrected chi connectivity index (χ2v) is 8.06. The molecule has 0 unspecified atom stereocenters. The van der Waals surface area contributed by atoms with E-state index < -0.39 is 18.1 Å². The van der Waals surface area contributed by atoms with Crippen molar-refractivity contribution in [2.75, 3.05) is 18.1 Å². The predicted molar refractivity (Wildman–Crippen MR) is 110 cm³/mol. The minimum absolute atomic E-state index is 0.0687. The van der Waals surface area contributed by atoms with E-state index >= 15 is 0 Å². The smallest absolute Gasteiger partial charge is 0.240 e. The Hall–Kier alpha value is -3.50. The molecule has 2 aliphatic heterocycles. The van der Waals surface area contributed by atoms with Gasteiger partial charge in [0.25, 0.3) is 0 Å². The second-order valence-electron chi connectivity index (χ2n) is 8.06. The van der Waals surface area contributed by atoms with Crippen LogP contribution in [0.25, 0.3) is 22.9 Å². The van der Waals surface area contributed by atoms with Crippen molar-refractivity contribution in [1.82, 2.24) is 29.3 Å². The standard InChI is InChI=1S/C20H23FN8O2/c1-11(2)29-20(24-10-25-29)14-9-27-3-4-31-16-6-17(23-7-13(16)19(27)26-14)28-8-12(21)5-15(28)18(22)30/h6-7,9-12,15H,3-5,8H2,1-2H3,(H2,22,30)/t12-,15-/m0/s1. The minimum atomic E-state index is -1.13. The Bertz CT molecular complexity index is 1140. The van der Waals surface area contributed by atoms with E-state index in [-0.39, 0.29) is 19.0 Å². The maximum absolute atomic E-state index is 14.0. The lowest BCUT2D eigenvalue weighted by molar-refractivity contribution is -0.119. The number of amides is 1. The molecular formula is C20H23FN8O2. The van der Waals surface area contributed by atoms with Crippen molar-refractivity contribution in [2.45, 2.75) is 45.1 Å². The van der Waals surface area contributed by atoms with Crippen molar-refractivity contribution >= 4 is 11.7 Å². The lowest BCUT2D eigenvalue weighted by atomic mass is 10.2. The van der Waals surface area contributed by atoms with Gasteiger partial charge in [0.15, 0.2) is 5.82 Å². The molecule has 5 rings (SSSR count). The largest absolute Gasteiger partial charge is 0.491 e. The number of ether oxygens (including phenoxy) is 1. The van der Waals surface area contributed by atoms with E-state index in [2.05, 4.69) is 15.1 Å². The number of hydrogen-bond acceptors (Lipinski definition) is 7. The highest BCUT2D eigenvalue weighted by Crippen LogP contribution is 2.37. The lowest BCUT2D eigenvalue weighted by Crippen LogP contribution is -2.40. The van der Waals surface area contributed by atoms with Crippen molar-refractivity contribution in [3.8, 4) is 28.7 Å². The number of halogens is 1. The maximum atomic E-state index is 14.0. The number of imidazole rings is 1. The molecule has 1 amide bonds. The normalized spacial score (nSPS) is 20.3. The first-order valence-corrected chi connectivity index (χ1v) is 10.2. The van der Waals surface area contributed by atoms with Gasteiger partial charge < -0.3 is 19.9 Å². The van der Waals surface area contributed by atoms with E-state index in [1.807, 2.05) is 29.3 Å². The van der Waals surface area contributed by atoms with Gasteiger partial charge in [-0.2, -0.15) is 5.10 Å². The SMILES string of the molecule is CC(C)n1ncnc1-c1cn2c(n1)-c1cnc(N3C[C@@H](F)C[C@H]3C(N)=O)cc1OCC2. The lowest BCUT2D eigenvalue weighted by Gasteiger charge is -2.23. The van der Waals surface area contributed by atoms with Gasteiger partial charge in [0.2, 0.25) is 5.91 Å². The van der Waals surface area contributed by atoms with Gasteiger partial charge in [-0.05, 0) is 13.8 Å². The summed E-state index contributed by atoms with van der Waals surface area (Å²) in [5.41, 5.74) is 6.90. The van der Waals surface area contributed by atoms with Crippen LogP contribution in [0.2, 0.25) is 0 Å². The summed E-state index contributed by atoms with van der Waals surface area (Å²) < 4.78 is 23.7. The topological polar surface area (TPSA) is 117 Å². The van der Waals surface area contributed by atoms with Crippen LogP contribution in [-0.4, -0.2) is 60.6 Å². The van der Waals surface area contributed by atoms with Crippen molar-refractivity contribution in [2.24, 2.45) is 5.73 Å². The number of primary amides is 1. The van der Waals surface area contributed by atoms with E-state index in [1.54, 1.807) is 17.2 Å². The molecule has 10 nitrogen and oxygen atoms in total. The Morgan fingerprint density at radius 2 is 2.16 bits per heavy atom. The van der Waals surface area contributed by atoms with Crippen molar-refractivity contribution in [3.05, 3.63) is 24.8 Å². The quantitative estimate of drug-likeness (QED) is 0.673. The minimum Gasteiger partial charge on any atom is -0.491 e. The first-order valence-electron chi connectivity index (χ1n) is 10.2. The molecule has 0 saturated carbocycles. The van der Waals surface area contributed by atoms with Crippen LogP contribution in [0.4, 0.5) is 10.2 Å². The molecule has 0 spiro atoms. The fraction of sp³-hybridized carbons (Fsp3) is 0.450. The van der Waals surface area contributed by atoms with Crippen LogP contribution in [0.3, 0.4) is 0 Å². The van der Waals surface area contributed by atoms with Gasteiger partial charge in [0.05, 0.1) is 18.7 Å². The van der Waals surface area contributed by atoms with Crippen LogP contribution in [0, 0.1) is 0 Å². The number of anilines is 1. The summed E-state index contributed by atoms with van der Waals surface area (Å²) in [5.74, 6) is 1.88. The van der Waals surface area contributed by atoms with Gasteiger partial charge in [-0.15, -0.1) is 0 Å². The number of nitrogens with two attached hydrogens (primary N) is 1. The highest BCUT2D eigenvalue weighted by Gasteiger charge is 2.37. The Morgan fingerprint density at radius 3 is 2.94 bits per heavy atom. The Morgan fingerprint density at radius 1 is 1.32 bits per heavy atom. The van der Waals surface area contributed by atoms with Crippen LogP contribution in [0.5, 0.6) is 5.75 Å². The molecule has 2 N–H and O–H groups in total. The second kappa shape index (κ2) is 7.33. The molecule has 2 aliphatic rings. The van der Waals surface area contributed by atoms with Gasteiger partial charge >= 0.3 is 0 Å². The van der Waals surface area contributed by atoms with Crippen LogP contribution in [-0.2, 0) is 11.3 Å². The van der Waals surface area contributed by atoms with Crippen molar-refractivity contribution in [3.63, 3.8) is 0 Å². The van der Waals surface area contributed by atoms with Crippen LogP contribution in [0.15, 0.2) is 24.8 Å². The Kier molecular flexibility index (Phi) is 4.60. The molecule has 1 fully saturated rings. The zero-order valence-corrected chi connectivity index (χ0v) is 17.3. The van der Waals surface area contributed by atoms with Crippen LogP contribution >= 0.6 is 0 Å². The van der Waals surface area contributed by atoms with Gasteiger partial charge in [-0.25, -0.2) is 24.0 Å². The number of carbonyl (C=O) groups excluding carboxylic acids is 1. The zero-order chi connectivity index (χ0) is 21.7. The average molecular weight is 426 g/mol. The zero-order valence-electron chi connectivity index (χ0n) is 17.3. The predicted octanol–water partition coefficient (Wildman–Crippen LogP) is 1.58. The number of fused-ring (bicyclic) bond motifs is 3. The number of carbonyl (C=O) groups is 1. The van der Waals surface area contributed by atoms with Crippen LogP contribution in [0.1, 0.15) is 26.3 Å². The average Bonchev–Trinajstić information content (AvgIpc) is 3.44. The highest BCUT2D eigenvalue weighted by molar-refractivity contribution is 5.84. The van der Waals surface area contributed by atoms with E-state index in [9.17, 15) is 9.18 Å². The number of nitrogens with zero attached hydrogens (tertiary/aromatic N) is 7. The molecule has 5 heterocycles. The fourth-order valence-corrected chi connectivity index (χ4v) is 4.15. The summed E-state index contributed by atoms with van der Waals surface area (Å²) in [4.78, 5) is 27.0. The summed E-state index contributed by atoms with van der Waals surface area (Å²) in [6.45, 7) is 5.17. The molecule has 3 aromatic rings. The molecule has 0 bridgehead atoms. The number of pyridine rings is 1. The van der Waals surface area contributed by atoms with Gasteiger partial charge in [0, 0.05) is 30.9 Å². The Balaban J connectivity index is 1.53. The first kappa shape index (κ1) is 19.5. The molecule has 162 valence electrons. The van der Waals surface area contributed by atoms with Crippen LogP contribution < -0.4 is 15.4 Å². The maximum Gasteiger partial charge on any atom is 0.240 e. The summed E-state index contributed by atoms with van der Waals surface area (Å²) in [6, 6.07) is 1.16. The number of rotatable bonds is 4. The summed E-state index contributed by atoms with van der Waals surface area (Å²) in [5, 5.41) is 4.29. The van der Waals surface area contributed by atoms with E-state index in [4.69, 9.17) is 15.5 Å². The molecule has 2 atom stereocenters. The molecule has 3 aromatic heterocycles. The van der Waals surface area contributed by atoms with Crippen molar-refractivity contribution in [1.29, 1.82) is 0 Å². The van der Waals surface area contributed by atoms with E-state index in [0.29, 0.717) is 42.1 Å². The third-order valence-corrected chi connectivity index (χ3v) is 5.62. The van der Waals surface area contributed by atoms with Crippen molar-refractivity contribution < 1.29 is 13.9 Å². The molecule has 0 aliphatic carbocycles. The molecule has 0 aromatic carbocycles. The van der Waals surface area contributed by atoms with E-state index in [0.717, 1.165) is 5.56 Å². The number of aromatic nitrogens is 6. The summed E-state index contributed by atoms with van der Waals surface area (Å²) in [6.07, 6.45) is 4.05. The third kappa shape index (κ3) is 3.29. The molecule has 11 heteroatoms. The van der Waals surface area contributed by atoms with Gasteiger partial charge in [0.1, 0.15) is 48.2 Å².